The van der Waals surface area contributed by atoms with Gasteiger partial charge in [0.25, 0.3) is 0 Å². The molecule has 0 bridgehead atoms. The topological polar surface area (TPSA) is 32.8 Å². The fourth-order valence-corrected chi connectivity index (χ4v) is 4.06. The van der Waals surface area contributed by atoms with E-state index in [0.717, 1.165) is 25.9 Å². The Hall–Kier alpha value is -1.97. The van der Waals surface area contributed by atoms with Crippen LogP contribution >= 0.6 is 0 Å². The summed E-state index contributed by atoms with van der Waals surface area (Å²) in [4.78, 5) is 16.9. The van der Waals surface area contributed by atoms with Crippen molar-refractivity contribution in [2.75, 3.05) is 19.6 Å². The molecule has 1 fully saturated rings. The van der Waals surface area contributed by atoms with Gasteiger partial charge in [0.05, 0.1) is 0 Å². The number of allylic oxidation sites excluding steroid dienone is 8. The zero-order valence-electron chi connectivity index (χ0n) is 21.7. The monoisotopic (exact) mass is 430 g/mol. The van der Waals surface area contributed by atoms with Crippen LogP contribution < -0.4 is 0 Å². The minimum atomic E-state index is -0.470. The highest BCUT2D eigenvalue weighted by molar-refractivity contribution is 5.68. The highest BCUT2D eigenvalue weighted by atomic mass is 16.6. The molecule has 176 valence electrons. The molecule has 0 aromatic heterocycles. The normalized spacial score (nSPS) is 20.8. The first-order valence-electron chi connectivity index (χ1n) is 11.9. The van der Waals surface area contributed by atoms with Crippen LogP contribution in [0.25, 0.3) is 0 Å². The van der Waals surface area contributed by atoms with Gasteiger partial charge in [0.1, 0.15) is 5.60 Å². The Kier molecular flexibility index (Phi) is 10.6. The van der Waals surface area contributed by atoms with Crippen LogP contribution in [0.5, 0.6) is 0 Å². The molecule has 0 aliphatic carbocycles. The lowest BCUT2D eigenvalue weighted by molar-refractivity contribution is 0.00492. The smallest absolute Gasteiger partial charge is 0.410 e. The number of hydrogen-bond acceptors (Lipinski definition) is 3. The highest BCUT2D eigenvalue weighted by Crippen LogP contribution is 2.32. The van der Waals surface area contributed by atoms with Crippen LogP contribution in [-0.2, 0) is 4.74 Å². The third-order valence-corrected chi connectivity index (χ3v) is 5.95. The molecule has 4 heteroatoms. The van der Waals surface area contributed by atoms with Gasteiger partial charge in [0.15, 0.2) is 0 Å². The van der Waals surface area contributed by atoms with Crippen LogP contribution in [0.15, 0.2) is 46.7 Å². The predicted molar refractivity (Wildman–Crippen MR) is 133 cm³/mol. The zero-order valence-corrected chi connectivity index (χ0v) is 21.7. The molecule has 1 aliphatic heterocycles. The summed E-state index contributed by atoms with van der Waals surface area (Å²) in [5.41, 5.74) is 4.86. The molecule has 2 atom stereocenters. The van der Waals surface area contributed by atoms with Gasteiger partial charge in [-0.3, -0.25) is 0 Å². The molecule has 1 amide bonds. The van der Waals surface area contributed by atoms with Crippen LogP contribution in [0.2, 0.25) is 0 Å². The maximum atomic E-state index is 12.6. The molecule has 4 nitrogen and oxygen atoms in total. The Morgan fingerprint density at radius 3 is 2.32 bits per heavy atom. The maximum absolute atomic E-state index is 12.6. The zero-order chi connectivity index (χ0) is 23.8. The van der Waals surface area contributed by atoms with Gasteiger partial charge in [-0.15, -0.1) is 0 Å². The molecule has 0 saturated carbocycles. The molecular weight excluding hydrogens is 384 g/mol. The summed E-state index contributed by atoms with van der Waals surface area (Å²) in [6, 6.07) is 0.0988. The molecule has 0 aromatic carbocycles. The van der Waals surface area contributed by atoms with Crippen LogP contribution in [0.1, 0.15) is 82.1 Å². The lowest BCUT2D eigenvalue weighted by atomic mass is 9.86. The van der Waals surface area contributed by atoms with E-state index in [1.54, 1.807) is 0 Å². The van der Waals surface area contributed by atoms with E-state index in [1.807, 2.05) is 25.7 Å². The second-order valence-corrected chi connectivity index (χ2v) is 9.67. The Labute approximate surface area is 191 Å². The Morgan fingerprint density at radius 2 is 1.84 bits per heavy atom. The average molecular weight is 431 g/mol. The Balaban J connectivity index is 3.24. The fraction of sp³-hybridized carbons (Fsp3) is 0.667. The van der Waals surface area contributed by atoms with Crippen molar-refractivity contribution in [2.24, 2.45) is 5.92 Å². The van der Waals surface area contributed by atoms with Crippen molar-refractivity contribution < 1.29 is 9.53 Å². The molecule has 1 heterocycles. The molecule has 31 heavy (non-hydrogen) atoms. The second-order valence-electron chi connectivity index (χ2n) is 9.67. The van der Waals surface area contributed by atoms with E-state index in [9.17, 15) is 4.79 Å². The molecule has 0 radical (unpaired) electrons. The standard InChI is InChI=1S/C27H46N2O2/c1-11-14-15-16-21(5)25(24(13-3)20(4)12-2)23(7)28-17-18-29(22(6)19-28)26(30)31-27(8,9)10/h13-16,20,22H,11-12,17-19H2,1-10H3/b15-14+,21-16-,24-13-,25-23-. The number of ether oxygens (including phenoxy) is 1. The third kappa shape index (κ3) is 7.90. The Morgan fingerprint density at radius 1 is 1.19 bits per heavy atom. The number of carbonyl (C=O) groups excluding carboxylic acids is 1. The first-order valence-corrected chi connectivity index (χ1v) is 11.9. The summed E-state index contributed by atoms with van der Waals surface area (Å²) in [6.07, 6.45) is 10.8. The molecule has 1 saturated heterocycles. The van der Waals surface area contributed by atoms with E-state index in [4.69, 9.17) is 4.74 Å². The number of nitrogens with zero attached hydrogens (tertiary/aromatic N) is 2. The SMILES string of the molecule is C\C=C(C(/C(C)=C\C=C\CC)=C(/C)N1CCN(C(=O)OC(C)(C)C)C(C)C1)\C(C)CC. The van der Waals surface area contributed by atoms with Crippen LogP contribution in [0.4, 0.5) is 4.79 Å². The van der Waals surface area contributed by atoms with Crippen molar-refractivity contribution in [1.29, 1.82) is 0 Å². The number of piperazine rings is 1. The van der Waals surface area contributed by atoms with Crippen molar-refractivity contribution in [3.8, 4) is 0 Å². The van der Waals surface area contributed by atoms with Crippen molar-refractivity contribution in [3.63, 3.8) is 0 Å². The molecular formula is C27H46N2O2. The molecule has 1 aliphatic rings. The van der Waals surface area contributed by atoms with Crippen molar-refractivity contribution in [2.45, 2.75) is 93.7 Å². The van der Waals surface area contributed by atoms with Gasteiger partial charge in [-0.2, -0.15) is 0 Å². The van der Waals surface area contributed by atoms with Crippen LogP contribution in [-0.4, -0.2) is 47.2 Å². The van der Waals surface area contributed by atoms with E-state index in [-0.39, 0.29) is 12.1 Å². The fourth-order valence-electron chi connectivity index (χ4n) is 4.06. The van der Waals surface area contributed by atoms with Crippen LogP contribution in [0.3, 0.4) is 0 Å². The summed E-state index contributed by atoms with van der Waals surface area (Å²) >= 11 is 0. The second kappa shape index (κ2) is 12.2. The molecule has 0 N–H and O–H groups in total. The predicted octanol–water partition coefficient (Wildman–Crippen LogP) is 7.11. The van der Waals surface area contributed by atoms with Gasteiger partial charge in [-0.05, 0) is 83.9 Å². The van der Waals surface area contributed by atoms with Gasteiger partial charge >= 0.3 is 6.09 Å². The minimum absolute atomic E-state index is 0.0988. The van der Waals surface area contributed by atoms with E-state index in [0.29, 0.717) is 12.5 Å². The number of hydrogen-bond donors (Lipinski definition) is 0. The van der Waals surface area contributed by atoms with Crippen molar-refractivity contribution in [3.05, 3.63) is 46.7 Å². The lowest BCUT2D eigenvalue weighted by Crippen LogP contribution is -2.54. The molecule has 1 rings (SSSR count). The quantitative estimate of drug-likeness (QED) is 0.404. The Bertz CT molecular complexity index is 722. The largest absolute Gasteiger partial charge is 0.444 e. The molecule has 0 aromatic rings. The molecule has 0 spiro atoms. The highest BCUT2D eigenvalue weighted by Gasteiger charge is 2.32. The van der Waals surface area contributed by atoms with E-state index in [2.05, 4.69) is 77.7 Å². The van der Waals surface area contributed by atoms with Gasteiger partial charge in [-0.1, -0.05) is 45.1 Å². The number of rotatable bonds is 7. The van der Waals surface area contributed by atoms with Gasteiger partial charge in [0, 0.05) is 31.4 Å². The summed E-state index contributed by atoms with van der Waals surface area (Å²) in [5.74, 6) is 0.494. The van der Waals surface area contributed by atoms with Gasteiger partial charge < -0.3 is 14.5 Å². The number of carbonyl (C=O) groups is 1. The lowest BCUT2D eigenvalue weighted by Gasteiger charge is -2.42. The molecule has 2 unspecified atom stereocenters. The van der Waals surface area contributed by atoms with Crippen LogP contribution in [0, 0.1) is 5.92 Å². The minimum Gasteiger partial charge on any atom is -0.444 e. The van der Waals surface area contributed by atoms with E-state index in [1.165, 1.54) is 22.4 Å². The van der Waals surface area contributed by atoms with Gasteiger partial charge in [0.2, 0.25) is 0 Å². The summed E-state index contributed by atoms with van der Waals surface area (Å²) in [6.45, 7) is 23.5. The van der Waals surface area contributed by atoms with E-state index >= 15 is 0 Å². The van der Waals surface area contributed by atoms with Crippen molar-refractivity contribution in [1.82, 2.24) is 9.80 Å². The maximum Gasteiger partial charge on any atom is 0.410 e. The average Bonchev–Trinajstić information content (AvgIpc) is 2.69. The summed E-state index contributed by atoms with van der Waals surface area (Å²) in [5, 5.41) is 0. The number of amides is 1. The first-order chi connectivity index (χ1) is 14.5. The van der Waals surface area contributed by atoms with E-state index < -0.39 is 5.60 Å². The third-order valence-electron chi connectivity index (χ3n) is 5.95. The van der Waals surface area contributed by atoms with Gasteiger partial charge in [-0.25, -0.2) is 4.79 Å². The first kappa shape index (κ1) is 27.1. The summed E-state index contributed by atoms with van der Waals surface area (Å²) in [7, 11) is 0. The summed E-state index contributed by atoms with van der Waals surface area (Å²) < 4.78 is 5.62. The van der Waals surface area contributed by atoms with Crippen molar-refractivity contribution >= 4 is 6.09 Å².